The fourth-order valence-corrected chi connectivity index (χ4v) is 3.93. The van der Waals surface area contributed by atoms with Crippen molar-refractivity contribution in [1.82, 2.24) is 20.1 Å². The molecule has 3 N–H and O–H groups in total. The number of aryl methyl sites for hydroxylation is 1. The molecule has 2 rings (SSSR count). The van der Waals surface area contributed by atoms with Crippen molar-refractivity contribution in [3.63, 3.8) is 0 Å². The number of nitrogens with zero attached hydrogens (tertiary/aromatic N) is 3. The van der Waals surface area contributed by atoms with Gasteiger partial charge in [0.25, 0.3) is 0 Å². The fraction of sp³-hybridized carbons (Fsp3) is 0.812. The maximum Gasteiger partial charge on any atom is 0.0674 e. The van der Waals surface area contributed by atoms with Crippen LogP contribution in [0.25, 0.3) is 0 Å². The summed E-state index contributed by atoms with van der Waals surface area (Å²) in [5, 5.41) is 4.48. The summed E-state index contributed by atoms with van der Waals surface area (Å²) in [5.41, 5.74) is 4.37. The Morgan fingerprint density at radius 1 is 1.57 bits per heavy atom. The SMILES string of the molecule is CCCn1cc(C(NN)C2(N(C)C)CCCC(C)C2)cn1. The molecule has 3 unspecified atom stereocenters. The van der Waals surface area contributed by atoms with Gasteiger partial charge in [0.2, 0.25) is 0 Å². The molecule has 1 heterocycles. The van der Waals surface area contributed by atoms with Crippen LogP contribution in [0.15, 0.2) is 12.4 Å². The molecule has 0 amide bonds. The first kappa shape index (κ1) is 16.5. The standard InChI is InChI=1S/C16H31N5/c1-5-9-21-12-14(11-18-21)15(19-17)16(20(3)4)8-6-7-13(2)10-16/h11-13,15,19H,5-10,17H2,1-4H3. The predicted octanol–water partition coefficient (Wildman–Crippen LogP) is 2.31. The van der Waals surface area contributed by atoms with Gasteiger partial charge >= 0.3 is 0 Å². The van der Waals surface area contributed by atoms with E-state index in [1.54, 1.807) is 0 Å². The second-order valence-electron chi connectivity index (χ2n) is 6.84. The van der Waals surface area contributed by atoms with Crippen LogP contribution < -0.4 is 11.3 Å². The lowest BCUT2D eigenvalue weighted by molar-refractivity contribution is 0.0366. The lowest BCUT2D eigenvalue weighted by Gasteiger charge is -2.49. The molecule has 5 heteroatoms. The number of rotatable bonds is 6. The fourth-order valence-electron chi connectivity index (χ4n) is 3.93. The zero-order chi connectivity index (χ0) is 15.5. The second-order valence-corrected chi connectivity index (χ2v) is 6.84. The van der Waals surface area contributed by atoms with Crippen molar-refractivity contribution >= 4 is 0 Å². The van der Waals surface area contributed by atoms with Crippen molar-refractivity contribution in [2.24, 2.45) is 11.8 Å². The van der Waals surface area contributed by atoms with Gasteiger partial charge in [-0.2, -0.15) is 5.10 Å². The molecule has 21 heavy (non-hydrogen) atoms. The summed E-state index contributed by atoms with van der Waals surface area (Å²) in [6, 6.07) is 0.126. The molecule has 0 saturated heterocycles. The zero-order valence-corrected chi connectivity index (χ0v) is 14.0. The van der Waals surface area contributed by atoms with E-state index in [-0.39, 0.29) is 11.6 Å². The second kappa shape index (κ2) is 6.90. The highest BCUT2D eigenvalue weighted by molar-refractivity contribution is 5.18. The van der Waals surface area contributed by atoms with Crippen LogP contribution in [0.5, 0.6) is 0 Å². The lowest BCUT2D eigenvalue weighted by atomic mass is 9.70. The van der Waals surface area contributed by atoms with Gasteiger partial charge in [0, 0.05) is 23.8 Å². The third-order valence-corrected chi connectivity index (χ3v) is 5.04. The minimum atomic E-state index is 0.0759. The van der Waals surface area contributed by atoms with Crippen molar-refractivity contribution in [3.05, 3.63) is 18.0 Å². The third-order valence-electron chi connectivity index (χ3n) is 5.04. The molecule has 120 valence electrons. The van der Waals surface area contributed by atoms with Gasteiger partial charge < -0.3 is 4.90 Å². The first-order valence-corrected chi connectivity index (χ1v) is 8.19. The Hall–Kier alpha value is -0.910. The van der Waals surface area contributed by atoms with Gasteiger partial charge in [-0.25, -0.2) is 0 Å². The highest BCUT2D eigenvalue weighted by atomic mass is 15.3. The summed E-state index contributed by atoms with van der Waals surface area (Å²) < 4.78 is 2.02. The van der Waals surface area contributed by atoms with E-state index in [0.717, 1.165) is 18.9 Å². The van der Waals surface area contributed by atoms with Crippen LogP contribution in [0.2, 0.25) is 0 Å². The molecule has 0 aliphatic heterocycles. The molecule has 0 spiro atoms. The van der Waals surface area contributed by atoms with Crippen LogP contribution in [0, 0.1) is 5.92 Å². The number of hydrogen-bond donors (Lipinski definition) is 2. The van der Waals surface area contributed by atoms with Crippen LogP contribution in [0.3, 0.4) is 0 Å². The number of likely N-dealkylation sites (N-methyl/N-ethyl adjacent to an activating group) is 1. The number of nitrogens with two attached hydrogens (primary N) is 1. The normalized spacial score (nSPS) is 28.0. The highest BCUT2D eigenvalue weighted by Crippen LogP contribution is 2.43. The van der Waals surface area contributed by atoms with Crippen molar-refractivity contribution in [2.75, 3.05) is 14.1 Å². The summed E-state index contributed by atoms with van der Waals surface area (Å²) in [7, 11) is 4.36. The summed E-state index contributed by atoms with van der Waals surface area (Å²) >= 11 is 0. The average Bonchev–Trinajstić information content (AvgIpc) is 2.88. The van der Waals surface area contributed by atoms with Crippen molar-refractivity contribution in [1.29, 1.82) is 0 Å². The third kappa shape index (κ3) is 3.30. The molecule has 0 bridgehead atoms. The van der Waals surface area contributed by atoms with Crippen molar-refractivity contribution in [2.45, 2.75) is 64.1 Å². The average molecular weight is 293 g/mol. The van der Waals surface area contributed by atoms with Crippen LogP contribution in [0.4, 0.5) is 0 Å². The minimum absolute atomic E-state index is 0.0759. The van der Waals surface area contributed by atoms with Crippen LogP contribution >= 0.6 is 0 Å². The highest BCUT2D eigenvalue weighted by Gasteiger charge is 2.44. The zero-order valence-electron chi connectivity index (χ0n) is 14.0. The molecule has 1 aliphatic carbocycles. The Morgan fingerprint density at radius 3 is 2.90 bits per heavy atom. The van der Waals surface area contributed by atoms with E-state index in [1.165, 1.54) is 31.2 Å². The Bertz CT molecular complexity index is 442. The van der Waals surface area contributed by atoms with Crippen molar-refractivity contribution < 1.29 is 0 Å². The Kier molecular flexibility index (Phi) is 5.41. The first-order chi connectivity index (χ1) is 10.0. The van der Waals surface area contributed by atoms with Gasteiger partial charge in [-0.1, -0.05) is 26.7 Å². The molecule has 0 aromatic carbocycles. The summed E-state index contributed by atoms with van der Waals surface area (Å²) in [4.78, 5) is 2.37. The van der Waals surface area contributed by atoms with E-state index >= 15 is 0 Å². The van der Waals surface area contributed by atoms with Gasteiger partial charge in [-0.05, 0) is 39.3 Å². The summed E-state index contributed by atoms with van der Waals surface area (Å²) in [5.74, 6) is 6.71. The number of aromatic nitrogens is 2. The molecule has 0 radical (unpaired) electrons. The maximum absolute atomic E-state index is 5.97. The summed E-state index contributed by atoms with van der Waals surface area (Å²) in [6.07, 6.45) is 10.2. The van der Waals surface area contributed by atoms with Gasteiger partial charge in [-0.3, -0.25) is 16.0 Å². The van der Waals surface area contributed by atoms with Gasteiger partial charge in [-0.15, -0.1) is 0 Å². The molecule has 3 atom stereocenters. The molecule has 1 aliphatic rings. The van der Waals surface area contributed by atoms with E-state index in [0.29, 0.717) is 0 Å². The molecule has 1 aromatic rings. The molecular formula is C16H31N5. The molecule has 5 nitrogen and oxygen atoms in total. The van der Waals surface area contributed by atoms with Gasteiger partial charge in [0.15, 0.2) is 0 Å². The Labute approximate surface area is 128 Å². The molecular weight excluding hydrogens is 262 g/mol. The lowest BCUT2D eigenvalue weighted by Crippen LogP contribution is -2.57. The van der Waals surface area contributed by atoms with Gasteiger partial charge in [0.1, 0.15) is 0 Å². The molecule has 1 aromatic heterocycles. The smallest absolute Gasteiger partial charge is 0.0674 e. The first-order valence-electron chi connectivity index (χ1n) is 8.19. The van der Waals surface area contributed by atoms with Crippen LogP contribution in [-0.2, 0) is 6.54 Å². The number of hydrazine groups is 1. The Morgan fingerprint density at radius 2 is 2.33 bits per heavy atom. The van der Waals surface area contributed by atoms with E-state index in [9.17, 15) is 0 Å². The predicted molar refractivity (Wildman–Crippen MR) is 86.6 cm³/mol. The largest absolute Gasteiger partial charge is 0.302 e. The summed E-state index contributed by atoms with van der Waals surface area (Å²) in [6.45, 7) is 5.48. The quantitative estimate of drug-likeness (QED) is 0.624. The van der Waals surface area contributed by atoms with E-state index in [4.69, 9.17) is 5.84 Å². The van der Waals surface area contributed by atoms with Crippen LogP contribution in [-0.4, -0.2) is 34.3 Å². The van der Waals surface area contributed by atoms with Crippen LogP contribution in [0.1, 0.15) is 57.6 Å². The number of hydrogen-bond acceptors (Lipinski definition) is 4. The van der Waals surface area contributed by atoms with Gasteiger partial charge in [0.05, 0.1) is 12.2 Å². The number of nitrogens with one attached hydrogen (secondary N) is 1. The van der Waals surface area contributed by atoms with Crippen molar-refractivity contribution in [3.8, 4) is 0 Å². The Balaban J connectivity index is 2.30. The molecule has 1 saturated carbocycles. The monoisotopic (exact) mass is 293 g/mol. The molecule has 1 fully saturated rings. The van der Waals surface area contributed by atoms with E-state index in [2.05, 4.69) is 49.6 Å². The van der Waals surface area contributed by atoms with E-state index in [1.807, 2.05) is 10.9 Å². The topological polar surface area (TPSA) is 59.1 Å². The van der Waals surface area contributed by atoms with E-state index < -0.39 is 0 Å². The minimum Gasteiger partial charge on any atom is -0.302 e. The maximum atomic E-state index is 5.97.